The van der Waals surface area contributed by atoms with Gasteiger partial charge in [-0.05, 0) is 64.7 Å². The van der Waals surface area contributed by atoms with Gasteiger partial charge >= 0.3 is 0 Å². The molecule has 0 aliphatic carbocycles. The lowest BCUT2D eigenvalue weighted by atomic mass is 10.0. The van der Waals surface area contributed by atoms with Crippen LogP contribution in [-0.2, 0) is 0 Å². The van der Waals surface area contributed by atoms with Crippen molar-refractivity contribution in [2.45, 2.75) is 63.8 Å². The first-order chi connectivity index (χ1) is 7.95. The summed E-state index contributed by atoms with van der Waals surface area (Å²) in [5, 5.41) is 3.65. The van der Waals surface area contributed by atoms with Crippen LogP contribution in [0.5, 0.6) is 0 Å². The van der Waals surface area contributed by atoms with Gasteiger partial charge in [-0.3, -0.25) is 0 Å². The van der Waals surface area contributed by atoms with E-state index in [4.69, 9.17) is 0 Å². The summed E-state index contributed by atoms with van der Waals surface area (Å²) < 4.78 is 0. The van der Waals surface area contributed by atoms with Gasteiger partial charge in [-0.2, -0.15) is 0 Å². The Labute approximate surface area is 101 Å². The molecule has 94 valence electrons. The van der Waals surface area contributed by atoms with E-state index in [9.17, 15) is 0 Å². The van der Waals surface area contributed by atoms with Crippen LogP contribution in [-0.4, -0.2) is 37.1 Å². The van der Waals surface area contributed by atoms with Gasteiger partial charge in [0.05, 0.1) is 0 Å². The molecule has 0 aromatic carbocycles. The third-order valence-electron chi connectivity index (χ3n) is 4.14. The van der Waals surface area contributed by atoms with E-state index >= 15 is 0 Å². The number of nitrogens with zero attached hydrogens (tertiary/aromatic N) is 1. The average Bonchev–Trinajstić information content (AvgIpc) is 2.59. The Balaban J connectivity index is 1.55. The number of piperidine rings is 1. The second-order valence-electron chi connectivity index (χ2n) is 5.54. The topological polar surface area (TPSA) is 15.3 Å². The van der Waals surface area contributed by atoms with Gasteiger partial charge in [0, 0.05) is 6.04 Å². The lowest BCUT2D eigenvalue weighted by molar-refractivity contribution is 0.267. The molecule has 1 atom stereocenters. The van der Waals surface area contributed by atoms with Crippen molar-refractivity contribution in [3.8, 4) is 0 Å². The van der Waals surface area contributed by atoms with Crippen LogP contribution in [0.2, 0.25) is 0 Å². The Bertz CT molecular complexity index is 168. The Morgan fingerprint density at radius 1 is 0.938 bits per heavy atom. The predicted octanol–water partition coefficient (Wildman–Crippen LogP) is 2.78. The molecule has 2 aliphatic heterocycles. The van der Waals surface area contributed by atoms with Crippen molar-refractivity contribution in [3.63, 3.8) is 0 Å². The Morgan fingerprint density at radius 2 is 1.75 bits per heavy atom. The number of hydrogen-bond donors (Lipinski definition) is 1. The molecule has 2 rings (SSSR count). The van der Waals surface area contributed by atoms with Crippen molar-refractivity contribution >= 4 is 0 Å². The van der Waals surface area contributed by atoms with Crippen molar-refractivity contribution < 1.29 is 0 Å². The number of likely N-dealkylation sites (tertiary alicyclic amines) is 1. The van der Waals surface area contributed by atoms with E-state index in [1.807, 2.05) is 0 Å². The van der Waals surface area contributed by atoms with Gasteiger partial charge in [-0.25, -0.2) is 0 Å². The largest absolute Gasteiger partial charge is 0.314 e. The lowest BCUT2D eigenvalue weighted by Gasteiger charge is -2.25. The first-order valence-corrected chi connectivity index (χ1v) is 7.41. The fourth-order valence-corrected chi connectivity index (χ4v) is 3.09. The molecule has 2 heterocycles. The smallest absolute Gasteiger partial charge is 0.00675 e. The van der Waals surface area contributed by atoms with E-state index in [1.54, 1.807) is 0 Å². The van der Waals surface area contributed by atoms with Crippen LogP contribution in [0.25, 0.3) is 0 Å². The van der Waals surface area contributed by atoms with Gasteiger partial charge < -0.3 is 10.2 Å². The number of rotatable bonds is 4. The van der Waals surface area contributed by atoms with Crippen molar-refractivity contribution in [2.75, 3.05) is 26.2 Å². The summed E-state index contributed by atoms with van der Waals surface area (Å²) in [6, 6.07) is 0.834. The van der Waals surface area contributed by atoms with Crippen molar-refractivity contribution in [3.05, 3.63) is 0 Å². The summed E-state index contributed by atoms with van der Waals surface area (Å²) in [6.45, 7) is 5.32. The molecule has 0 spiro atoms. The molecule has 2 aliphatic rings. The molecule has 2 nitrogen and oxygen atoms in total. The maximum Gasteiger partial charge on any atom is 0.00675 e. The third-order valence-corrected chi connectivity index (χ3v) is 4.14. The first-order valence-electron chi connectivity index (χ1n) is 7.41. The molecule has 0 saturated carbocycles. The van der Waals surface area contributed by atoms with Crippen molar-refractivity contribution in [2.24, 2.45) is 0 Å². The molecule has 1 unspecified atom stereocenters. The zero-order valence-electron chi connectivity index (χ0n) is 10.7. The highest BCUT2D eigenvalue weighted by atomic mass is 15.1. The van der Waals surface area contributed by atoms with Crippen molar-refractivity contribution in [1.82, 2.24) is 10.2 Å². The SMILES string of the molecule is C1CCCN(CCCC2CCCCN2)CC1. The van der Waals surface area contributed by atoms with E-state index in [0.717, 1.165) is 6.04 Å². The minimum Gasteiger partial charge on any atom is -0.314 e. The minimum absolute atomic E-state index is 0.834. The minimum atomic E-state index is 0.834. The molecule has 0 aromatic heterocycles. The zero-order chi connectivity index (χ0) is 11.1. The fourth-order valence-electron chi connectivity index (χ4n) is 3.09. The molecular weight excluding hydrogens is 196 g/mol. The van der Waals surface area contributed by atoms with Gasteiger partial charge in [-0.1, -0.05) is 19.3 Å². The Morgan fingerprint density at radius 3 is 2.44 bits per heavy atom. The van der Waals surface area contributed by atoms with E-state index < -0.39 is 0 Å². The third kappa shape index (κ3) is 4.42. The second-order valence-corrected chi connectivity index (χ2v) is 5.54. The van der Waals surface area contributed by atoms with Crippen LogP contribution >= 0.6 is 0 Å². The molecule has 0 radical (unpaired) electrons. The van der Waals surface area contributed by atoms with Gasteiger partial charge in [0.15, 0.2) is 0 Å². The van der Waals surface area contributed by atoms with Crippen LogP contribution < -0.4 is 5.32 Å². The van der Waals surface area contributed by atoms with Crippen molar-refractivity contribution in [1.29, 1.82) is 0 Å². The summed E-state index contributed by atoms with van der Waals surface area (Å²) in [4.78, 5) is 2.69. The highest BCUT2D eigenvalue weighted by Crippen LogP contribution is 2.14. The quantitative estimate of drug-likeness (QED) is 0.790. The molecule has 0 amide bonds. The maximum atomic E-state index is 3.65. The van der Waals surface area contributed by atoms with E-state index in [-0.39, 0.29) is 0 Å². The summed E-state index contributed by atoms with van der Waals surface area (Å²) in [7, 11) is 0. The summed E-state index contributed by atoms with van der Waals surface area (Å²) in [6.07, 6.45) is 12.8. The van der Waals surface area contributed by atoms with Gasteiger partial charge in [0.25, 0.3) is 0 Å². The molecule has 0 aromatic rings. The van der Waals surface area contributed by atoms with Gasteiger partial charge in [-0.15, -0.1) is 0 Å². The van der Waals surface area contributed by atoms with Crippen LogP contribution in [0.1, 0.15) is 57.8 Å². The molecule has 1 N–H and O–H groups in total. The molecule has 2 fully saturated rings. The van der Waals surface area contributed by atoms with Crippen LogP contribution in [0.4, 0.5) is 0 Å². The normalized spacial score (nSPS) is 28.9. The van der Waals surface area contributed by atoms with Crippen LogP contribution in [0, 0.1) is 0 Å². The lowest BCUT2D eigenvalue weighted by Crippen LogP contribution is -2.35. The Kier molecular flexibility index (Phi) is 5.64. The molecule has 16 heavy (non-hydrogen) atoms. The summed E-state index contributed by atoms with van der Waals surface area (Å²) in [5.41, 5.74) is 0. The zero-order valence-corrected chi connectivity index (χ0v) is 10.7. The highest BCUT2D eigenvalue weighted by molar-refractivity contribution is 4.73. The monoisotopic (exact) mass is 224 g/mol. The van der Waals surface area contributed by atoms with E-state index in [2.05, 4.69) is 10.2 Å². The van der Waals surface area contributed by atoms with Gasteiger partial charge in [0.2, 0.25) is 0 Å². The van der Waals surface area contributed by atoms with Crippen LogP contribution in [0.3, 0.4) is 0 Å². The number of hydrogen-bond acceptors (Lipinski definition) is 2. The van der Waals surface area contributed by atoms with Gasteiger partial charge in [0.1, 0.15) is 0 Å². The highest BCUT2D eigenvalue weighted by Gasteiger charge is 2.13. The second kappa shape index (κ2) is 7.29. The summed E-state index contributed by atoms with van der Waals surface area (Å²) in [5.74, 6) is 0. The molecule has 0 bridgehead atoms. The molecule has 2 heteroatoms. The Hall–Kier alpha value is -0.0800. The maximum absolute atomic E-state index is 3.65. The summed E-state index contributed by atoms with van der Waals surface area (Å²) >= 11 is 0. The van der Waals surface area contributed by atoms with E-state index in [0.29, 0.717) is 0 Å². The fraction of sp³-hybridized carbons (Fsp3) is 1.00. The molecular formula is C14H28N2. The molecule has 2 saturated heterocycles. The standard InChI is InChI=1S/C14H28N2/c1-2-6-12-16(11-5-1)13-7-9-14-8-3-4-10-15-14/h14-15H,1-13H2. The average molecular weight is 224 g/mol. The first kappa shape index (κ1) is 12.4. The van der Waals surface area contributed by atoms with Crippen LogP contribution in [0.15, 0.2) is 0 Å². The van der Waals surface area contributed by atoms with E-state index in [1.165, 1.54) is 84.0 Å². The predicted molar refractivity (Wildman–Crippen MR) is 69.8 cm³/mol. The number of nitrogens with one attached hydrogen (secondary N) is 1.